The van der Waals surface area contributed by atoms with Crippen LogP contribution >= 0.6 is 23.5 Å². The minimum Gasteiger partial charge on any atom is -0.490 e. The molecule has 20 heavy (non-hydrogen) atoms. The van der Waals surface area contributed by atoms with Crippen LogP contribution in [0, 0.1) is 0 Å². The molecule has 0 spiro atoms. The number of nitrogens with one attached hydrogen (secondary N) is 1. The van der Waals surface area contributed by atoms with E-state index in [9.17, 15) is 0 Å². The van der Waals surface area contributed by atoms with Gasteiger partial charge in [0.05, 0.1) is 6.10 Å². The predicted octanol–water partition coefficient (Wildman–Crippen LogP) is 3.73. The summed E-state index contributed by atoms with van der Waals surface area (Å²) < 4.78 is 5.94. The van der Waals surface area contributed by atoms with Gasteiger partial charge in [-0.25, -0.2) is 0 Å². The van der Waals surface area contributed by atoms with Gasteiger partial charge in [0.2, 0.25) is 0 Å². The summed E-state index contributed by atoms with van der Waals surface area (Å²) in [6.07, 6.45) is 2.91. The van der Waals surface area contributed by atoms with E-state index in [0.717, 1.165) is 12.3 Å². The van der Waals surface area contributed by atoms with E-state index < -0.39 is 0 Å². The highest BCUT2D eigenvalue weighted by atomic mass is 32.2. The number of ether oxygens (including phenoxy) is 1. The zero-order chi connectivity index (χ0) is 13.8. The molecule has 1 saturated heterocycles. The molecule has 0 amide bonds. The number of hydrogen-bond acceptors (Lipinski definition) is 4. The standard InChI is InChI=1S/C16H23NOS2/c1-2-17-16(15-11-19-8-9-20-15)12-4-3-5-14(10-12)18-13-6-7-13/h3-5,10,13,15-17H,2,6-9,11H2,1H3. The first-order chi connectivity index (χ1) is 9.86. The van der Waals surface area contributed by atoms with Crippen molar-refractivity contribution in [2.75, 3.05) is 23.8 Å². The van der Waals surface area contributed by atoms with Crippen molar-refractivity contribution in [2.45, 2.75) is 37.2 Å². The van der Waals surface area contributed by atoms with E-state index in [0.29, 0.717) is 17.4 Å². The maximum Gasteiger partial charge on any atom is 0.120 e. The number of thioether (sulfide) groups is 2. The average molecular weight is 310 g/mol. The summed E-state index contributed by atoms with van der Waals surface area (Å²) in [6, 6.07) is 9.16. The van der Waals surface area contributed by atoms with E-state index in [1.54, 1.807) is 0 Å². The maximum absolute atomic E-state index is 5.94. The molecule has 2 nitrogen and oxygen atoms in total. The van der Waals surface area contributed by atoms with Crippen molar-refractivity contribution in [3.05, 3.63) is 29.8 Å². The fraction of sp³-hybridized carbons (Fsp3) is 0.625. The Morgan fingerprint density at radius 2 is 2.25 bits per heavy atom. The highest BCUT2D eigenvalue weighted by molar-refractivity contribution is 8.06. The van der Waals surface area contributed by atoms with E-state index in [-0.39, 0.29) is 0 Å². The normalized spacial score (nSPS) is 24.4. The monoisotopic (exact) mass is 309 g/mol. The molecule has 2 unspecified atom stereocenters. The maximum atomic E-state index is 5.94. The van der Waals surface area contributed by atoms with Crippen LogP contribution in [-0.2, 0) is 0 Å². The lowest BCUT2D eigenvalue weighted by atomic mass is 10.0. The summed E-state index contributed by atoms with van der Waals surface area (Å²) in [5.74, 6) is 4.86. The smallest absolute Gasteiger partial charge is 0.120 e. The second kappa shape index (κ2) is 7.10. The lowest BCUT2D eigenvalue weighted by Gasteiger charge is -2.30. The van der Waals surface area contributed by atoms with E-state index in [4.69, 9.17) is 4.74 Å². The molecular weight excluding hydrogens is 286 g/mol. The summed E-state index contributed by atoms with van der Waals surface area (Å²) in [5.41, 5.74) is 1.38. The van der Waals surface area contributed by atoms with Gasteiger partial charge in [-0.05, 0) is 37.1 Å². The van der Waals surface area contributed by atoms with Gasteiger partial charge in [-0.3, -0.25) is 0 Å². The third-order valence-corrected chi connectivity index (χ3v) is 6.55. The van der Waals surface area contributed by atoms with Crippen LogP contribution in [0.2, 0.25) is 0 Å². The first-order valence-electron chi connectivity index (χ1n) is 7.56. The lowest BCUT2D eigenvalue weighted by Crippen LogP contribution is -2.33. The molecule has 0 bridgehead atoms. The van der Waals surface area contributed by atoms with Gasteiger partial charge in [0.25, 0.3) is 0 Å². The third kappa shape index (κ3) is 3.86. The van der Waals surface area contributed by atoms with E-state index >= 15 is 0 Å². The largest absolute Gasteiger partial charge is 0.490 e. The Hall–Kier alpha value is -0.320. The van der Waals surface area contributed by atoms with Gasteiger partial charge >= 0.3 is 0 Å². The van der Waals surface area contributed by atoms with Crippen LogP contribution in [0.5, 0.6) is 5.75 Å². The Kier molecular flexibility index (Phi) is 5.19. The molecule has 1 aromatic rings. The number of rotatable bonds is 6. The van der Waals surface area contributed by atoms with E-state index in [1.807, 2.05) is 0 Å². The number of benzene rings is 1. The molecule has 1 aliphatic heterocycles. The quantitative estimate of drug-likeness (QED) is 0.864. The third-order valence-electron chi connectivity index (χ3n) is 3.68. The van der Waals surface area contributed by atoms with Crippen molar-refractivity contribution < 1.29 is 4.74 Å². The Balaban J connectivity index is 1.74. The summed E-state index contributed by atoms with van der Waals surface area (Å²) in [6.45, 7) is 3.21. The SMILES string of the molecule is CCNC(c1cccc(OC2CC2)c1)C1CSCCS1. The average Bonchev–Trinajstić information content (AvgIpc) is 3.30. The molecule has 1 saturated carbocycles. The molecule has 0 radical (unpaired) electrons. The molecule has 2 fully saturated rings. The molecule has 1 heterocycles. The molecular formula is C16H23NOS2. The first-order valence-corrected chi connectivity index (χ1v) is 9.76. The second-order valence-electron chi connectivity index (χ2n) is 5.41. The minimum absolute atomic E-state index is 0.445. The topological polar surface area (TPSA) is 21.3 Å². The first kappa shape index (κ1) is 14.6. The van der Waals surface area contributed by atoms with Crippen molar-refractivity contribution >= 4 is 23.5 Å². The van der Waals surface area contributed by atoms with Gasteiger partial charge in [-0.1, -0.05) is 19.1 Å². The van der Waals surface area contributed by atoms with Crippen LogP contribution in [0.25, 0.3) is 0 Å². The molecule has 2 aliphatic rings. The van der Waals surface area contributed by atoms with Crippen LogP contribution in [0.3, 0.4) is 0 Å². The molecule has 1 aliphatic carbocycles. The highest BCUT2D eigenvalue weighted by Gasteiger charge is 2.27. The van der Waals surface area contributed by atoms with Gasteiger partial charge in [0, 0.05) is 28.6 Å². The summed E-state index contributed by atoms with van der Waals surface area (Å²) >= 11 is 4.20. The van der Waals surface area contributed by atoms with Crippen molar-refractivity contribution in [3.63, 3.8) is 0 Å². The van der Waals surface area contributed by atoms with Crippen molar-refractivity contribution in [2.24, 2.45) is 0 Å². The summed E-state index contributed by atoms with van der Waals surface area (Å²) in [4.78, 5) is 0. The minimum atomic E-state index is 0.445. The van der Waals surface area contributed by atoms with Crippen LogP contribution in [-0.4, -0.2) is 35.2 Å². The zero-order valence-electron chi connectivity index (χ0n) is 12.0. The van der Waals surface area contributed by atoms with Crippen LogP contribution in [0.1, 0.15) is 31.4 Å². The Morgan fingerprint density at radius 3 is 2.95 bits per heavy atom. The van der Waals surface area contributed by atoms with Gasteiger partial charge in [-0.2, -0.15) is 23.5 Å². The van der Waals surface area contributed by atoms with Crippen molar-refractivity contribution in [1.82, 2.24) is 5.32 Å². The Bertz CT molecular complexity index is 430. The predicted molar refractivity (Wildman–Crippen MR) is 90.1 cm³/mol. The fourth-order valence-corrected chi connectivity index (χ4v) is 5.41. The highest BCUT2D eigenvalue weighted by Crippen LogP contribution is 2.35. The summed E-state index contributed by atoms with van der Waals surface area (Å²) in [5, 5.41) is 4.35. The van der Waals surface area contributed by atoms with Crippen LogP contribution < -0.4 is 10.1 Å². The molecule has 1 N–H and O–H groups in total. The fourth-order valence-electron chi connectivity index (χ4n) is 2.54. The lowest BCUT2D eigenvalue weighted by molar-refractivity contribution is 0.302. The molecule has 1 aromatic carbocycles. The van der Waals surface area contributed by atoms with E-state index in [2.05, 4.69) is 60.0 Å². The molecule has 110 valence electrons. The van der Waals surface area contributed by atoms with Gasteiger partial charge < -0.3 is 10.1 Å². The van der Waals surface area contributed by atoms with Crippen LogP contribution in [0.4, 0.5) is 0 Å². The van der Waals surface area contributed by atoms with Crippen molar-refractivity contribution in [3.8, 4) is 5.75 Å². The Labute approximate surface area is 130 Å². The van der Waals surface area contributed by atoms with Gasteiger partial charge in [-0.15, -0.1) is 0 Å². The molecule has 3 rings (SSSR count). The van der Waals surface area contributed by atoms with E-state index in [1.165, 1.54) is 35.7 Å². The number of hydrogen-bond donors (Lipinski definition) is 1. The summed E-state index contributed by atoms with van der Waals surface area (Å²) in [7, 11) is 0. The Morgan fingerprint density at radius 1 is 1.35 bits per heavy atom. The van der Waals surface area contributed by atoms with Crippen molar-refractivity contribution in [1.29, 1.82) is 0 Å². The molecule has 4 heteroatoms. The van der Waals surface area contributed by atoms with Gasteiger partial charge in [0.15, 0.2) is 0 Å². The zero-order valence-corrected chi connectivity index (χ0v) is 13.6. The van der Waals surface area contributed by atoms with Gasteiger partial charge in [0.1, 0.15) is 5.75 Å². The second-order valence-corrected chi connectivity index (χ2v) is 7.91. The van der Waals surface area contributed by atoms with Crippen LogP contribution in [0.15, 0.2) is 24.3 Å². The molecule has 2 atom stereocenters. The molecule has 0 aromatic heterocycles.